The number of aliphatic hydroxyl groups excluding tert-OH is 1. The highest BCUT2D eigenvalue weighted by Crippen LogP contribution is 2.30. The second-order valence-corrected chi connectivity index (χ2v) is 10.1. The second kappa shape index (κ2) is 8.25. The molecule has 0 bridgehead atoms. The van der Waals surface area contributed by atoms with Crippen LogP contribution in [-0.4, -0.2) is 59.7 Å². The van der Waals surface area contributed by atoms with E-state index >= 15 is 0 Å². The van der Waals surface area contributed by atoms with Crippen molar-refractivity contribution in [1.29, 1.82) is 0 Å². The highest BCUT2D eigenvalue weighted by atomic mass is 32.2. The number of sulfonamides is 1. The lowest BCUT2D eigenvalue weighted by molar-refractivity contribution is -0.385. The SMILES string of the molecule is Cc1ccc([N+](=O)[O-])cc1S(=O)(=O)N1CCC(CO)(NC(=O)OC(C)(C)C)CC1. The number of benzene rings is 1. The fourth-order valence-corrected chi connectivity index (χ4v) is 4.80. The first-order chi connectivity index (χ1) is 13.3. The molecule has 1 fully saturated rings. The predicted octanol–water partition coefficient (Wildman–Crippen LogP) is 1.94. The molecule has 0 unspecified atom stereocenters. The van der Waals surface area contributed by atoms with E-state index in [1.807, 2.05) is 0 Å². The lowest BCUT2D eigenvalue weighted by Gasteiger charge is -2.40. The molecule has 1 aromatic carbocycles. The predicted molar refractivity (Wildman–Crippen MR) is 105 cm³/mol. The largest absolute Gasteiger partial charge is 0.444 e. The Labute approximate surface area is 170 Å². The number of ether oxygens (including phenoxy) is 1. The molecule has 0 saturated carbocycles. The minimum Gasteiger partial charge on any atom is -0.444 e. The first-order valence-corrected chi connectivity index (χ1v) is 10.6. The Bertz CT molecular complexity index is 885. The number of nitrogens with one attached hydrogen (secondary N) is 1. The third-order valence-corrected chi connectivity index (χ3v) is 6.79. The number of nitrogens with zero attached hydrogens (tertiary/aromatic N) is 2. The van der Waals surface area contributed by atoms with E-state index in [1.165, 1.54) is 16.4 Å². The van der Waals surface area contributed by atoms with Crippen molar-refractivity contribution in [3.8, 4) is 0 Å². The number of carbonyl (C=O) groups excluding carboxylic acids is 1. The van der Waals surface area contributed by atoms with Gasteiger partial charge in [-0.05, 0) is 46.1 Å². The van der Waals surface area contributed by atoms with Crippen molar-refractivity contribution in [3.63, 3.8) is 0 Å². The van der Waals surface area contributed by atoms with Crippen LogP contribution in [0, 0.1) is 17.0 Å². The summed E-state index contributed by atoms with van der Waals surface area (Å²) in [5.74, 6) is 0. The van der Waals surface area contributed by atoms with Crippen LogP contribution in [0.3, 0.4) is 0 Å². The molecule has 1 amide bonds. The van der Waals surface area contributed by atoms with Crippen molar-refractivity contribution in [2.45, 2.75) is 56.6 Å². The van der Waals surface area contributed by atoms with E-state index in [4.69, 9.17) is 4.74 Å². The van der Waals surface area contributed by atoms with Crippen LogP contribution in [0.15, 0.2) is 23.1 Å². The van der Waals surface area contributed by atoms with Gasteiger partial charge in [0.15, 0.2) is 0 Å². The summed E-state index contributed by atoms with van der Waals surface area (Å²) < 4.78 is 32.5. The summed E-state index contributed by atoms with van der Waals surface area (Å²) in [5.41, 5.74) is -1.60. The minimum atomic E-state index is -3.96. The first-order valence-electron chi connectivity index (χ1n) is 9.17. The summed E-state index contributed by atoms with van der Waals surface area (Å²) in [6.45, 7) is 6.44. The maximum absolute atomic E-state index is 13.0. The molecule has 1 aliphatic rings. The van der Waals surface area contributed by atoms with Gasteiger partial charge in [-0.15, -0.1) is 0 Å². The normalized spacial score (nSPS) is 17.6. The molecule has 1 aromatic rings. The van der Waals surface area contributed by atoms with Gasteiger partial charge >= 0.3 is 6.09 Å². The van der Waals surface area contributed by atoms with Crippen LogP contribution in [0.5, 0.6) is 0 Å². The van der Waals surface area contributed by atoms with Crippen LogP contribution < -0.4 is 5.32 Å². The van der Waals surface area contributed by atoms with Gasteiger partial charge in [0.1, 0.15) is 5.60 Å². The zero-order chi connectivity index (χ0) is 22.0. The monoisotopic (exact) mass is 429 g/mol. The number of carbonyl (C=O) groups is 1. The molecular weight excluding hydrogens is 402 g/mol. The summed E-state index contributed by atoms with van der Waals surface area (Å²) >= 11 is 0. The summed E-state index contributed by atoms with van der Waals surface area (Å²) in [7, 11) is -3.96. The summed E-state index contributed by atoms with van der Waals surface area (Å²) in [4.78, 5) is 22.3. The van der Waals surface area contributed by atoms with Gasteiger partial charge in [-0.1, -0.05) is 6.07 Å². The highest BCUT2D eigenvalue weighted by molar-refractivity contribution is 7.89. The number of hydrogen-bond donors (Lipinski definition) is 2. The third kappa shape index (κ3) is 5.43. The Hall–Kier alpha value is -2.24. The van der Waals surface area contributed by atoms with Gasteiger partial charge in [0, 0.05) is 25.2 Å². The molecule has 162 valence electrons. The van der Waals surface area contributed by atoms with Crippen LogP contribution in [-0.2, 0) is 14.8 Å². The molecule has 0 spiro atoms. The fourth-order valence-electron chi connectivity index (χ4n) is 3.12. The minimum absolute atomic E-state index is 0.0425. The standard InChI is InChI=1S/C18H27N3O7S/c1-13-5-6-14(21(24)25)11-15(13)29(26,27)20-9-7-18(12-22,8-10-20)19-16(23)28-17(2,3)4/h5-6,11,22H,7-10,12H2,1-4H3,(H,19,23). The van der Waals surface area contributed by atoms with Crippen molar-refractivity contribution in [2.24, 2.45) is 0 Å². The molecule has 2 rings (SSSR count). The third-order valence-electron chi connectivity index (χ3n) is 4.75. The van der Waals surface area contributed by atoms with Gasteiger partial charge in [0.05, 0.1) is 22.0 Å². The fraction of sp³-hybridized carbons (Fsp3) is 0.611. The van der Waals surface area contributed by atoms with Crippen LogP contribution in [0.4, 0.5) is 10.5 Å². The number of rotatable bonds is 5. The van der Waals surface area contributed by atoms with Crippen LogP contribution >= 0.6 is 0 Å². The second-order valence-electron chi connectivity index (χ2n) is 8.18. The number of aliphatic hydroxyl groups is 1. The number of aryl methyl sites for hydroxylation is 1. The van der Waals surface area contributed by atoms with Gasteiger partial charge in [-0.3, -0.25) is 10.1 Å². The van der Waals surface area contributed by atoms with Crippen LogP contribution in [0.1, 0.15) is 39.2 Å². The number of non-ortho nitro benzene ring substituents is 1. The lowest BCUT2D eigenvalue weighted by atomic mass is 9.89. The zero-order valence-electron chi connectivity index (χ0n) is 17.0. The molecule has 11 heteroatoms. The zero-order valence-corrected chi connectivity index (χ0v) is 17.8. The molecule has 0 aromatic heterocycles. The average Bonchev–Trinajstić information content (AvgIpc) is 2.60. The lowest BCUT2D eigenvalue weighted by Crippen LogP contribution is -2.58. The number of amides is 1. The van der Waals surface area contributed by atoms with E-state index in [2.05, 4.69) is 5.32 Å². The smallest absolute Gasteiger partial charge is 0.408 e. The Kier molecular flexibility index (Phi) is 6.55. The number of alkyl carbamates (subject to hydrolysis) is 1. The Morgan fingerprint density at radius 1 is 1.34 bits per heavy atom. The van der Waals surface area contributed by atoms with Crippen LogP contribution in [0.2, 0.25) is 0 Å². The average molecular weight is 429 g/mol. The van der Waals surface area contributed by atoms with Crippen molar-refractivity contribution >= 4 is 21.8 Å². The van der Waals surface area contributed by atoms with Gasteiger partial charge in [-0.2, -0.15) is 4.31 Å². The van der Waals surface area contributed by atoms with Gasteiger partial charge < -0.3 is 15.2 Å². The van der Waals surface area contributed by atoms with Crippen molar-refractivity contribution in [3.05, 3.63) is 33.9 Å². The Morgan fingerprint density at radius 2 is 1.93 bits per heavy atom. The molecule has 1 saturated heterocycles. The summed E-state index contributed by atoms with van der Waals surface area (Å²) in [5, 5.41) is 23.5. The van der Waals surface area contributed by atoms with Crippen molar-refractivity contribution in [1.82, 2.24) is 9.62 Å². The molecule has 2 N–H and O–H groups in total. The molecule has 1 heterocycles. The van der Waals surface area contributed by atoms with E-state index in [9.17, 15) is 28.4 Å². The Morgan fingerprint density at radius 3 is 2.41 bits per heavy atom. The maximum Gasteiger partial charge on any atom is 0.408 e. The number of piperidine rings is 1. The molecule has 10 nitrogen and oxygen atoms in total. The quantitative estimate of drug-likeness (QED) is 0.538. The highest BCUT2D eigenvalue weighted by Gasteiger charge is 2.40. The molecule has 29 heavy (non-hydrogen) atoms. The summed E-state index contributed by atoms with van der Waals surface area (Å²) in [6.07, 6.45) is -0.330. The Balaban J connectivity index is 2.17. The number of nitro benzene ring substituents is 1. The molecule has 1 aliphatic heterocycles. The van der Waals surface area contributed by atoms with E-state index < -0.39 is 32.2 Å². The van der Waals surface area contributed by atoms with Gasteiger partial charge in [0.2, 0.25) is 10.0 Å². The molecule has 0 aliphatic carbocycles. The number of nitro groups is 1. The van der Waals surface area contributed by atoms with Crippen molar-refractivity contribution < 1.29 is 28.0 Å². The van der Waals surface area contributed by atoms with Crippen molar-refractivity contribution in [2.75, 3.05) is 19.7 Å². The maximum atomic E-state index is 13.0. The summed E-state index contributed by atoms with van der Waals surface area (Å²) in [6, 6.07) is 3.71. The molecule has 0 atom stereocenters. The molecular formula is C18H27N3O7S. The topological polar surface area (TPSA) is 139 Å². The van der Waals surface area contributed by atoms with Crippen LogP contribution in [0.25, 0.3) is 0 Å². The van der Waals surface area contributed by atoms with E-state index in [-0.39, 0.29) is 43.1 Å². The van der Waals surface area contributed by atoms with Gasteiger partial charge in [0.25, 0.3) is 5.69 Å². The molecule has 0 radical (unpaired) electrons. The number of hydrogen-bond acceptors (Lipinski definition) is 7. The van der Waals surface area contributed by atoms with E-state index in [0.29, 0.717) is 5.56 Å². The van der Waals surface area contributed by atoms with E-state index in [0.717, 1.165) is 6.07 Å². The van der Waals surface area contributed by atoms with Gasteiger partial charge in [-0.25, -0.2) is 13.2 Å². The first kappa shape index (κ1) is 23.0. The van der Waals surface area contributed by atoms with E-state index in [1.54, 1.807) is 27.7 Å².